The van der Waals surface area contributed by atoms with E-state index < -0.39 is 0 Å². The van der Waals surface area contributed by atoms with E-state index in [-0.39, 0.29) is 5.92 Å². The van der Waals surface area contributed by atoms with Gasteiger partial charge in [0.05, 0.1) is 0 Å². The molecule has 0 amide bonds. The molecule has 3 nitrogen and oxygen atoms in total. The first-order valence-corrected chi connectivity index (χ1v) is 10.4. The zero-order valence-corrected chi connectivity index (χ0v) is 18.3. The molecule has 3 aromatic carbocycles. The zero-order valence-electron chi connectivity index (χ0n) is 18.3. The molecule has 0 aliphatic rings. The van der Waals surface area contributed by atoms with Crippen molar-refractivity contribution in [1.29, 1.82) is 0 Å². The van der Waals surface area contributed by atoms with Gasteiger partial charge in [0, 0.05) is 17.0 Å². The van der Waals surface area contributed by atoms with Gasteiger partial charge in [0.15, 0.2) is 11.6 Å². The fourth-order valence-electron chi connectivity index (χ4n) is 3.52. The molecule has 6 heteroatoms. The van der Waals surface area contributed by atoms with Crippen LogP contribution < -0.4 is 16.4 Å². The van der Waals surface area contributed by atoms with Crippen molar-refractivity contribution in [1.82, 2.24) is 15.0 Å². The molecule has 0 unspecified atom stereocenters. The highest BCUT2D eigenvalue weighted by molar-refractivity contribution is 6.57. The van der Waals surface area contributed by atoms with E-state index in [2.05, 4.69) is 98.0 Å². The highest BCUT2D eigenvalue weighted by atomic mass is 15.0. The van der Waals surface area contributed by atoms with E-state index >= 15 is 0 Å². The molecule has 1 aromatic heterocycles. The maximum atomic E-state index is 4.85. The summed E-state index contributed by atoms with van der Waals surface area (Å²) in [4.78, 5) is 14.4. The van der Waals surface area contributed by atoms with Crippen molar-refractivity contribution in [3.8, 4) is 33.9 Å². The Morgan fingerprint density at radius 1 is 0.600 bits per heavy atom. The summed E-state index contributed by atoms with van der Waals surface area (Å²) in [5.41, 5.74) is 8.25. The van der Waals surface area contributed by atoms with Crippen LogP contribution >= 0.6 is 0 Å². The Morgan fingerprint density at radius 2 is 1.10 bits per heavy atom. The average Bonchev–Trinajstić information content (AvgIpc) is 2.77. The van der Waals surface area contributed by atoms with Gasteiger partial charge in [0.1, 0.15) is 29.4 Å². The second kappa shape index (κ2) is 8.31. The summed E-state index contributed by atoms with van der Waals surface area (Å²) in [5, 5.41) is 0. The Kier molecular flexibility index (Phi) is 5.58. The average molecular weight is 387 g/mol. The first kappa shape index (κ1) is 20.2. The van der Waals surface area contributed by atoms with Gasteiger partial charge in [-0.15, -0.1) is 5.46 Å². The molecular weight excluding hydrogens is 363 g/mol. The van der Waals surface area contributed by atoms with Gasteiger partial charge >= 0.3 is 0 Å². The Balaban J connectivity index is 1.79. The predicted molar refractivity (Wildman–Crippen MR) is 135 cm³/mol. The van der Waals surface area contributed by atoms with Crippen LogP contribution in [0.25, 0.3) is 33.9 Å². The lowest BCUT2D eigenvalue weighted by Gasteiger charge is -2.13. The number of nitrogens with zero attached hydrogens (tertiary/aromatic N) is 3. The largest absolute Gasteiger partial charge is 0.213 e. The Labute approximate surface area is 181 Å². The molecule has 1 heterocycles. The Bertz CT molecular complexity index is 1170. The van der Waals surface area contributed by atoms with Crippen molar-refractivity contribution in [3.05, 3.63) is 72.6 Å². The molecule has 0 spiro atoms. The molecule has 30 heavy (non-hydrogen) atoms. The van der Waals surface area contributed by atoms with Gasteiger partial charge in [-0.25, -0.2) is 15.0 Å². The van der Waals surface area contributed by atoms with Crippen molar-refractivity contribution < 1.29 is 0 Å². The van der Waals surface area contributed by atoms with Crippen LogP contribution in [-0.4, -0.2) is 38.5 Å². The van der Waals surface area contributed by atoms with Crippen molar-refractivity contribution in [2.75, 3.05) is 0 Å². The van der Waals surface area contributed by atoms with Gasteiger partial charge in [-0.05, 0) is 11.1 Å². The number of rotatable bonds is 4. The number of hydrogen-bond acceptors (Lipinski definition) is 3. The molecule has 0 aliphatic heterocycles. The van der Waals surface area contributed by atoms with Crippen LogP contribution in [-0.2, 0) is 0 Å². The normalized spacial score (nSPS) is 11.0. The molecule has 0 bridgehead atoms. The van der Waals surface area contributed by atoms with Gasteiger partial charge in [0.2, 0.25) is 0 Å². The third-order valence-corrected chi connectivity index (χ3v) is 5.60. The van der Waals surface area contributed by atoms with Crippen LogP contribution in [0.3, 0.4) is 0 Å². The molecule has 0 fully saturated rings. The highest BCUT2D eigenvalue weighted by Crippen LogP contribution is 2.25. The molecule has 4 rings (SSSR count). The van der Waals surface area contributed by atoms with Crippen LogP contribution in [0.4, 0.5) is 0 Å². The lowest BCUT2D eigenvalue weighted by atomic mass is 9.71. The highest BCUT2D eigenvalue weighted by Gasteiger charge is 2.14. The Hall–Kier alpha value is -3.14. The lowest BCUT2D eigenvalue weighted by molar-refractivity contribution is 0.766. The minimum atomic E-state index is 0.224. The summed E-state index contributed by atoms with van der Waals surface area (Å²) in [7, 11) is 6.43. The van der Waals surface area contributed by atoms with E-state index in [0.29, 0.717) is 0 Å². The summed E-state index contributed by atoms with van der Waals surface area (Å²) in [6.07, 6.45) is 0. The SMILES string of the molecule is Bc1cc(-c2nc(-c3ccc(-c4ccccc4)cc3)nc(C(C)C)n2)cc(B)c1B. The monoisotopic (exact) mass is 387 g/mol. The maximum Gasteiger partial charge on any atom is 0.163 e. The van der Waals surface area contributed by atoms with E-state index in [1.165, 1.54) is 27.5 Å². The fourth-order valence-corrected chi connectivity index (χ4v) is 3.52. The van der Waals surface area contributed by atoms with Crippen LogP contribution in [0.2, 0.25) is 0 Å². The molecular formula is C24H24B3N3. The van der Waals surface area contributed by atoms with Gasteiger partial charge < -0.3 is 0 Å². The van der Waals surface area contributed by atoms with E-state index in [0.717, 1.165) is 28.6 Å². The van der Waals surface area contributed by atoms with Crippen molar-refractivity contribution in [3.63, 3.8) is 0 Å². The Morgan fingerprint density at radius 3 is 1.67 bits per heavy atom. The lowest BCUT2D eigenvalue weighted by Crippen LogP contribution is -2.38. The van der Waals surface area contributed by atoms with E-state index in [4.69, 9.17) is 15.0 Å². The molecule has 4 aromatic rings. The molecule has 0 radical (unpaired) electrons. The first-order valence-electron chi connectivity index (χ1n) is 10.4. The van der Waals surface area contributed by atoms with E-state index in [9.17, 15) is 0 Å². The van der Waals surface area contributed by atoms with Crippen molar-refractivity contribution in [2.24, 2.45) is 0 Å². The molecule has 0 atom stereocenters. The third kappa shape index (κ3) is 4.09. The topological polar surface area (TPSA) is 38.7 Å². The number of aromatic nitrogens is 3. The minimum absolute atomic E-state index is 0.224. The number of benzene rings is 3. The summed E-state index contributed by atoms with van der Waals surface area (Å²) in [5.74, 6) is 2.50. The van der Waals surface area contributed by atoms with Gasteiger partial charge in [-0.2, -0.15) is 0 Å². The first-order chi connectivity index (χ1) is 14.4. The van der Waals surface area contributed by atoms with Gasteiger partial charge in [0.25, 0.3) is 0 Å². The molecule has 144 valence electrons. The van der Waals surface area contributed by atoms with Crippen LogP contribution in [0.5, 0.6) is 0 Å². The summed E-state index contributed by atoms with van der Waals surface area (Å²) in [6, 6.07) is 23.2. The van der Waals surface area contributed by atoms with E-state index in [1.54, 1.807) is 0 Å². The van der Waals surface area contributed by atoms with E-state index in [1.807, 2.05) is 6.07 Å². The standard InChI is InChI=1S/C24H24B3N3/c1-14(2)22-28-23(17-10-8-16(9-11-17)15-6-4-3-5-7-15)30-24(29-22)18-12-19(25)21(27)20(26)13-18/h3-14H,25-27H2,1-2H3. The minimum Gasteiger partial charge on any atom is -0.213 e. The van der Waals surface area contributed by atoms with Crippen molar-refractivity contribution in [2.45, 2.75) is 19.8 Å². The second-order valence-electron chi connectivity index (χ2n) is 8.17. The van der Waals surface area contributed by atoms with Gasteiger partial charge in [-0.3, -0.25) is 0 Å². The predicted octanol–water partition coefficient (Wildman–Crippen LogP) is 0.771. The quantitative estimate of drug-likeness (QED) is 0.486. The molecule has 0 saturated carbocycles. The van der Waals surface area contributed by atoms with Gasteiger partial charge in [-0.1, -0.05) is 91.5 Å². The summed E-state index contributed by atoms with van der Waals surface area (Å²) in [6.45, 7) is 4.24. The zero-order chi connectivity index (χ0) is 21.3. The smallest absolute Gasteiger partial charge is 0.163 e. The van der Waals surface area contributed by atoms with Crippen LogP contribution in [0.1, 0.15) is 25.6 Å². The maximum absolute atomic E-state index is 4.85. The van der Waals surface area contributed by atoms with Crippen LogP contribution in [0, 0.1) is 0 Å². The number of hydrogen-bond donors (Lipinski definition) is 0. The molecule has 0 saturated heterocycles. The summed E-state index contributed by atoms with van der Waals surface area (Å²) < 4.78 is 0. The van der Waals surface area contributed by atoms with Crippen molar-refractivity contribution >= 4 is 39.9 Å². The molecule has 0 N–H and O–H groups in total. The molecule has 0 aliphatic carbocycles. The summed E-state index contributed by atoms with van der Waals surface area (Å²) >= 11 is 0. The second-order valence-corrected chi connectivity index (χ2v) is 8.17. The van der Waals surface area contributed by atoms with Crippen LogP contribution in [0.15, 0.2) is 66.7 Å². The fraction of sp³-hybridized carbons (Fsp3) is 0.125. The third-order valence-electron chi connectivity index (χ3n) is 5.60.